The van der Waals surface area contributed by atoms with Crippen molar-refractivity contribution in [3.05, 3.63) is 52.4 Å². The Balaban J connectivity index is 1.96. The number of thioether (sulfide) groups is 1. The summed E-state index contributed by atoms with van der Waals surface area (Å²) in [5, 5.41) is 0. The minimum absolute atomic E-state index is 0.460. The molecule has 0 unspecified atom stereocenters. The van der Waals surface area contributed by atoms with Crippen molar-refractivity contribution in [1.29, 1.82) is 0 Å². The van der Waals surface area contributed by atoms with Crippen LogP contribution in [0.3, 0.4) is 0 Å². The van der Waals surface area contributed by atoms with E-state index >= 15 is 0 Å². The number of rotatable bonds is 4. The lowest BCUT2D eigenvalue weighted by Gasteiger charge is -1.99. The highest BCUT2D eigenvalue weighted by Crippen LogP contribution is 2.25. The molecule has 1 aromatic heterocycles. The number of halogens is 1. The molecule has 2 nitrogen and oxygen atoms in total. The maximum absolute atomic E-state index is 5.53. The molecule has 0 fully saturated rings. The summed E-state index contributed by atoms with van der Waals surface area (Å²) in [7, 11) is 0. The van der Waals surface area contributed by atoms with Gasteiger partial charge in [-0.1, -0.05) is 22.0 Å². The Morgan fingerprint density at radius 1 is 1.19 bits per heavy atom. The van der Waals surface area contributed by atoms with Gasteiger partial charge in [-0.3, -0.25) is 0 Å². The van der Waals surface area contributed by atoms with Crippen molar-refractivity contribution in [1.82, 2.24) is 0 Å². The lowest BCUT2D eigenvalue weighted by molar-refractivity contribution is 0.482. The number of nitrogens with two attached hydrogens (primary N) is 1. The van der Waals surface area contributed by atoms with Gasteiger partial charge in [0.2, 0.25) is 0 Å². The van der Waals surface area contributed by atoms with Crippen LogP contribution in [0.25, 0.3) is 0 Å². The van der Waals surface area contributed by atoms with E-state index in [1.54, 1.807) is 11.8 Å². The Morgan fingerprint density at radius 2 is 2.00 bits per heavy atom. The molecule has 0 radical (unpaired) electrons. The van der Waals surface area contributed by atoms with Crippen LogP contribution >= 0.6 is 27.7 Å². The first kappa shape index (κ1) is 11.8. The Bertz CT molecular complexity index is 470. The van der Waals surface area contributed by atoms with E-state index in [9.17, 15) is 0 Å². The molecule has 2 rings (SSSR count). The summed E-state index contributed by atoms with van der Waals surface area (Å²) in [5.41, 5.74) is 5.48. The molecule has 0 atom stereocenters. The molecule has 0 aliphatic heterocycles. The molecule has 1 aromatic carbocycles. The first-order valence-corrected chi connectivity index (χ1v) is 6.72. The first-order valence-electron chi connectivity index (χ1n) is 4.94. The summed E-state index contributed by atoms with van der Waals surface area (Å²) in [6.45, 7) is 0.460. The number of hydrogen-bond acceptors (Lipinski definition) is 3. The van der Waals surface area contributed by atoms with Crippen molar-refractivity contribution in [2.45, 2.75) is 17.2 Å². The minimum atomic E-state index is 0.460. The van der Waals surface area contributed by atoms with E-state index in [1.807, 2.05) is 24.3 Å². The van der Waals surface area contributed by atoms with Crippen LogP contribution in [0.15, 0.2) is 50.2 Å². The predicted molar refractivity (Wildman–Crippen MR) is 70.3 cm³/mol. The molecule has 2 N–H and O–H groups in total. The summed E-state index contributed by atoms with van der Waals surface area (Å²) < 4.78 is 6.62. The summed E-state index contributed by atoms with van der Waals surface area (Å²) in [6, 6.07) is 12.1. The van der Waals surface area contributed by atoms with Crippen LogP contribution in [0, 0.1) is 0 Å². The second-order valence-electron chi connectivity index (χ2n) is 3.32. The van der Waals surface area contributed by atoms with Gasteiger partial charge in [0, 0.05) is 9.37 Å². The molecule has 0 bridgehead atoms. The van der Waals surface area contributed by atoms with Crippen molar-refractivity contribution < 1.29 is 4.42 Å². The summed E-state index contributed by atoms with van der Waals surface area (Å²) >= 11 is 5.20. The average Bonchev–Trinajstić information content (AvgIpc) is 2.74. The first-order chi connectivity index (χ1) is 7.78. The zero-order chi connectivity index (χ0) is 11.4. The molecule has 0 spiro atoms. The molecule has 16 heavy (non-hydrogen) atoms. The fourth-order valence-corrected chi connectivity index (χ4v) is 2.72. The van der Waals surface area contributed by atoms with Crippen molar-refractivity contribution >= 4 is 27.7 Å². The Hall–Kier alpha value is -0.710. The minimum Gasteiger partial charge on any atom is -0.464 e. The second-order valence-corrected chi connectivity index (χ2v) is 5.28. The topological polar surface area (TPSA) is 39.2 Å². The van der Waals surface area contributed by atoms with Gasteiger partial charge >= 0.3 is 0 Å². The zero-order valence-corrected chi connectivity index (χ0v) is 11.1. The van der Waals surface area contributed by atoms with Gasteiger partial charge in [0.25, 0.3) is 0 Å². The van der Waals surface area contributed by atoms with Gasteiger partial charge in [-0.15, -0.1) is 11.8 Å². The Kier molecular flexibility index (Phi) is 4.09. The molecule has 0 amide bonds. The highest BCUT2D eigenvalue weighted by atomic mass is 79.9. The molecule has 4 heteroatoms. The van der Waals surface area contributed by atoms with Crippen LogP contribution in [-0.2, 0) is 12.3 Å². The van der Waals surface area contributed by atoms with Crippen molar-refractivity contribution in [2.75, 3.05) is 0 Å². The van der Waals surface area contributed by atoms with Gasteiger partial charge in [-0.05, 0) is 30.3 Å². The Morgan fingerprint density at radius 3 is 2.69 bits per heavy atom. The van der Waals surface area contributed by atoms with E-state index in [-0.39, 0.29) is 0 Å². The van der Waals surface area contributed by atoms with Gasteiger partial charge in [-0.2, -0.15) is 0 Å². The van der Waals surface area contributed by atoms with Gasteiger partial charge in [-0.25, -0.2) is 0 Å². The third-order valence-corrected chi connectivity index (χ3v) is 3.61. The number of benzene rings is 1. The fraction of sp³-hybridized carbons (Fsp3) is 0.167. The number of furan rings is 1. The van der Waals surface area contributed by atoms with E-state index < -0.39 is 0 Å². The van der Waals surface area contributed by atoms with Crippen LogP contribution < -0.4 is 5.73 Å². The lowest BCUT2D eigenvalue weighted by Crippen LogP contribution is -1.92. The molecule has 1 heterocycles. The molecule has 0 aliphatic carbocycles. The quantitative estimate of drug-likeness (QED) is 0.873. The molecular weight excluding hydrogens is 286 g/mol. The monoisotopic (exact) mass is 297 g/mol. The third kappa shape index (κ3) is 3.14. The van der Waals surface area contributed by atoms with Crippen LogP contribution in [0.2, 0.25) is 0 Å². The molecular formula is C12H12BrNOS. The highest BCUT2D eigenvalue weighted by molar-refractivity contribution is 9.10. The lowest BCUT2D eigenvalue weighted by atomic mass is 10.4. The highest BCUT2D eigenvalue weighted by Gasteiger charge is 2.02. The van der Waals surface area contributed by atoms with Crippen LogP contribution in [-0.4, -0.2) is 0 Å². The van der Waals surface area contributed by atoms with Crippen molar-refractivity contribution in [3.8, 4) is 0 Å². The summed E-state index contributed by atoms with van der Waals surface area (Å²) in [4.78, 5) is 1.22. The standard InChI is InChI=1S/C12H12BrNOS/c13-9-2-1-3-12(6-9)16-8-11-5-4-10(7-14)15-11/h1-6H,7-8,14H2. The maximum Gasteiger partial charge on any atom is 0.117 e. The van der Waals surface area contributed by atoms with E-state index in [0.29, 0.717) is 6.54 Å². The SMILES string of the molecule is NCc1ccc(CSc2cccc(Br)c2)o1. The maximum atomic E-state index is 5.53. The van der Waals surface area contributed by atoms with Crippen LogP contribution in [0.1, 0.15) is 11.5 Å². The molecule has 84 valence electrons. The normalized spacial score (nSPS) is 10.6. The summed E-state index contributed by atoms with van der Waals surface area (Å²) in [6.07, 6.45) is 0. The van der Waals surface area contributed by atoms with E-state index in [2.05, 4.69) is 28.1 Å². The van der Waals surface area contributed by atoms with Gasteiger partial charge < -0.3 is 10.2 Å². The van der Waals surface area contributed by atoms with Crippen LogP contribution in [0.4, 0.5) is 0 Å². The molecule has 0 saturated heterocycles. The van der Waals surface area contributed by atoms with Crippen LogP contribution in [0.5, 0.6) is 0 Å². The predicted octanol–water partition coefficient (Wildman–Crippen LogP) is 3.79. The largest absolute Gasteiger partial charge is 0.464 e. The Labute approximate surface area is 107 Å². The van der Waals surface area contributed by atoms with E-state index in [0.717, 1.165) is 21.7 Å². The smallest absolute Gasteiger partial charge is 0.117 e. The van der Waals surface area contributed by atoms with E-state index in [1.165, 1.54) is 4.90 Å². The molecule has 0 saturated carbocycles. The van der Waals surface area contributed by atoms with Gasteiger partial charge in [0.1, 0.15) is 11.5 Å². The summed E-state index contributed by atoms with van der Waals surface area (Å²) in [5.74, 6) is 2.63. The third-order valence-electron chi connectivity index (χ3n) is 2.10. The molecule has 2 aromatic rings. The fourth-order valence-electron chi connectivity index (χ4n) is 1.32. The average molecular weight is 298 g/mol. The van der Waals surface area contributed by atoms with E-state index in [4.69, 9.17) is 10.2 Å². The number of hydrogen-bond donors (Lipinski definition) is 1. The zero-order valence-electron chi connectivity index (χ0n) is 8.65. The van der Waals surface area contributed by atoms with Gasteiger partial charge in [0.05, 0.1) is 12.3 Å². The van der Waals surface area contributed by atoms with Crippen molar-refractivity contribution in [3.63, 3.8) is 0 Å². The second kappa shape index (κ2) is 5.57. The molecule has 0 aliphatic rings. The van der Waals surface area contributed by atoms with Crippen molar-refractivity contribution in [2.24, 2.45) is 5.73 Å². The van der Waals surface area contributed by atoms with Gasteiger partial charge in [0.15, 0.2) is 0 Å².